The van der Waals surface area contributed by atoms with Crippen LogP contribution in [0.15, 0.2) is 60.9 Å². The summed E-state index contributed by atoms with van der Waals surface area (Å²) in [7, 11) is 0. The maximum absolute atomic E-state index is 13.6. The van der Waals surface area contributed by atoms with Gasteiger partial charge in [-0.05, 0) is 42.0 Å². The number of hydrogen-bond donors (Lipinski definition) is 1. The molecule has 3 rings (SSSR count). The lowest BCUT2D eigenvalue weighted by molar-refractivity contribution is -0.114. The SMILES string of the molecule is CC(=O)Nc1cc(C(=O)OCc2ccc(-n3cccn3)cc2)ccc1F. The molecule has 7 heteroatoms. The van der Waals surface area contributed by atoms with Gasteiger partial charge in [0.25, 0.3) is 0 Å². The van der Waals surface area contributed by atoms with E-state index >= 15 is 0 Å². The second-order valence-corrected chi connectivity index (χ2v) is 5.57. The highest BCUT2D eigenvalue weighted by Gasteiger charge is 2.12. The minimum Gasteiger partial charge on any atom is -0.457 e. The van der Waals surface area contributed by atoms with Gasteiger partial charge >= 0.3 is 5.97 Å². The molecule has 1 aromatic heterocycles. The zero-order valence-electron chi connectivity index (χ0n) is 14.0. The molecule has 132 valence electrons. The molecule has 0 unspecified atom stereocenters. The van der Waals surface area contributed by atoms with E-state index in [1.165, 1.54) is 19.1 Å². The van der Waals surface area contributed by atoms with Crippen molar-refractivity contribution in [2.24, 2.45) is 0 Å². The van der Waals surface area contributed by atoms with Crippen LogP contribution in [0.2, 0.25) is 0 Å². The lowest BCUT2D eigenvalue weighted by Gasteiger charge is -2.09. The first-order valence-corrected chi connectivity index (χ1v) is 7.86. The van der Waals surface area contributed by atoms with Crippen molar-refractivity contribution in [3.8, 4) is 5.69 Å². The number of halogens is 1. The van der Waals surface area contributed by atoms with Crippen LogP contribution in [0, 0.1) is 5.82 Å². The minimum absolute atomic E-state index is 0.0597. The molecule has 0 aliphatic rings. The zero-order chi connectivity index (χ0) is 18.5. The van der Waals surface area contributed by atoms with Gasteiger partial charge in [-0.2, -0.15) is 5.10 Å². The van der Waals surface area contributed by atoms with E-state index in [9.17, 15) is 14.0 Å². The number of esters is 1. The zero-order valence-corrected chi connectivity index (χ0v) is 14.0. The molecule has 0 saturated carbocycles. The second-order valence-electron chi connectivity index (χ2n) is 5.57. The van der Waals surface area contributed by atoms with Gasteiger partial charge in [0.1, 0.15) is 12.4 Å². The van der Waals surface area contributed by atoms with Crippen LogP contribution in [0.25, 0.3) is 5.69 Å². The van der Waals surface area contributed by atoms with Gasteiger partial charge in [-0.25, -0.2) is 13.9 Å². The monoisotopic (exact) mass is 353 g/mol. The Morgan fingerprint density at radius 2 is 1.96 bits per heavy atom. The van der Waals surface area contributed by atoms with E-state index in [0.717, 1.165) is 17.3 Å². The first-order chi connectivity index (χ1) is 12.5. The van der Waals surface area contributed by atoms with Crippen LogP contribution in [-0.2, 0) is 16.1 Å². The van der Waals surface area contributed by atoms with Crippen LogP contribution in [0.3, 0.4) is 0 Å². The lowest BCUT2D eigenvalue weighted by atomic mass is 10.2. The molecule has 26 heavy (non-hydrogen) atoms. The number of benzene rings is 2. The van der Waals surface area contributed by atoms with Crippen LogP contribution in [-0.4, -0.2) is 21.7 Å². The molecular weight excluding hydrogens is 337 g/mol. The van der Waals surface area contributed by atoms with E-state index in [1.807, 2.05) is 36.5 Å². The van der Waals surface area contributed by atoms with Crippen LogP contribution in [0.5, 0.6) is 0 Å². The van der Waals surface area contributed by atoms with Crippen molar-refractivity contribution < 1.29 is 18.7 Å². The quantitative estimate of drug-likeness (QED) is 0.714. The van der Waals surface area contributed by atoms with Gasteiger partial charge in [-0.15, -0.1) is 0 Å². The summed E-state index contributed by atoms with van der Waals surface area (Å²) < 4.78 is 20.6. The summed E-state index contributed by atoms with van der Waals surface area (Å²) in [5.41, 5.74) is 1.79. The average Bonchev–Trinajstić information content (AvgIpc) is 3.16. The van der Waals surface area contributed by atoms with Crippen molar-refractivity contribution in [2.45, 2.75) is 13.5 Å². The van der Waals surface area contributed by atoms with E-state index in [2.05, 4.69) is 10.4 Å². The van der Waals surface area contributed by atoms with Crippen LogP contribution in [0.1, 0.15) is 22.8 Å². The first kappa shape index (κ1) is 17.3. The third kappa shape index (κ3) is 4.13. The summed E-state index contributed by atoms with van der Waals surface area (Å²) in [5, 5.41) is 6.47. The number of hydrogen-bond acceptors (Lipinski definition) is 4. The first-order valence-electron chi connectivity index (χ1n) is 7.86. The summed E-state index contributed by atoms with van der Waals surface area (Å²) in [4.78, 5) is 23.2. The van der Waals surface area contributed by atoms with Gasteiger partial charge < -0.3 is 10.1 Å². The molecule has 3 aromatic rings. The summed E-state index contributed by atoms with van der Waals surface area (Å²) in [6, 6.07) is 12.9. The predicted molar refractivity (Wildman–Crippen MR) is 93.4 cm³/mol. The minimum atomic E-state index is -0.619. The highest BCUT2D eigenvalue weighted by atomic mass is 19.1. The van der Waals surface area contributed by atoms with Crippen molar-refractivity contribution in [1.29, 1.82) is 0 Å². The number of nitrogens with zero attached hydrogens (tertiary/aromatic N) is 2. The standard InChI is InChI=1S/C19H16FN3O3/c1-13(24)22-18-11-15(5-8-17(18)20)19(25)26-12-14-3-6-16(7-4-14)23-10-2-9-21-23/h2-11H,12H2,1H3,(H,22,24). The molecule has 0 aliphatic heterocycles. The highest BCUT2D eigenvalue weighted by Crippen LogP contribution is 2.17. The molecule has 0 atom stereocenters. The van der Waals surface area contributed by atoms with Gasteiger partial charge in [-0.1, -0.05) is 12.1 Å². The Labute approximate surface area is 149 Å². The largest absolute Gasteiger partial charge is 0.457 e. The predicted octanol–water partition coefficient (Wildman–Crippen LogP) is 3.33. The molecule has 0 bridgehead atoms. The maximum atomic E-state index is 13.6. The fourth-order valence-electron chi connectivity index (χ4n) is 2.34. The molecule has 1 heterocycles. The Bertz CT molecular complexity index is 922. The fourth-order valence-corrected chi connectivity index (χ4v) is 2.34. The van der Waals surface area contributed by atoms with Crippen LogP contribution in [0.4, 0.5) is 10.1 Å². The summed E-state index contributed by atoms with van der Waals surface area (Å²) in [6.07, 6.45) is 3.52. The molecule has 2 aromatic carbocycles. The number of ether oxygens (including phenoxy) is 1. The Hall–Kier alpha value is -3.48. The molecule has 6 nitrogen and oxygen atoms in total. The number of aromatic nitrogens is 2. The molecular formula is C19H16FN3O3. The van der Waals surface area contributed by atoms with Gasteiger partial charge in [0.05, 0.1) is 16.9 Å². The van der Waals surface area contributed by atoms with Crippen molar-refractivity contribution in [1.82, 2.24) is 9.78 Å². The summed E-state index contributed by atoms with van der Waals surface area (Å²) in [5.74, 6) is -1.65. The lowest BCUT2D eigenvalue weighted by Crippen LogP contribution is -2.10. The van der Waals surface area contributed by atoms with Crippen molar-refractivity contribution >= 4 is 17.6 Å². The fraction of sp³-hybridized carbons (Fsp3) is 0.105. The topological polar surface area (TPSA) is 73.2 Å². The number of carbonyl (C=O) groups is 2. The number of anilines is 1. The third-order valence-corrected chi connectivity index (χ3v) is 3.59. The molecule has 0 spiro atoms. The van der Waals surface area contributed by atoms with Gasteiger partial charge in [0, 0.05) is 19.3 Å². The number of carbonyl (C=O) groups excluding carboxylic acids is 2. The Balaban J connectivity index is 1.64. The molecule has 1 N–H and O–H groups in total. The van der Waals surface area contributed by atoms with Gasteiger partial charge in [0.2, 0.25) is 5.91 Å². The van der Waals surface area contributed by atoms with E-state index in [-0.39, 0.29) is 17.9 Å². The average molecular weight is 353 g/mol. The molecule has 0 aliphatic carbocycles. The van der Waals surface area contributed by atoms with Crippen LogP contribution < -0.4 is 5.32 Å². The van der Waals surface area contributed by atoms with E-state index < -0.39 is 17.7 Å². The van der Waals surface area contributed by atoms with Crippen molar-refractivity contribution in [2.75, 3.05) is 5.32 Å². The Morgan fingerprint density at radius 1 is 1.19 bits per heavy atom. The van der Waals surface area contributed by atoms with Gasteiger partial charge in [-0.3, -0.25) is 4.79 Å². The molecule has 0 saturated heterocycles. The highest BCUT2D eigenvalue weighted by molar-refractivity contribution is 5.93. The van der Waals surface area contributed by atoms with Crippen molar-refractivity contribution in [3.63, 3.8) is 0 Å². The van der Waals surface area contributed by atoms with E-state index in [4.69, 9.17) is 4.74 Å². The van der Waals surface area contributed by atoms with Gasteiger partial charge in [0.15, 0.2) is 0 Å². The maximum Gasteiger partial charge on any atom is 0.338 e. The van der Waals surface area contributed by atoms with Crippen LogP contribution >= 0.6 is 0 Å². The molecule has 0 fully saturated rings. The summed E-state index contributed by atoms with van der Waals surface area (Å²) in [6.45, 7) is 1.34. The second kappa shape index (κ2) is 7.60. The van der Waals surface area contributed by atoms with E-state index in [0.29, 0.717) is 0 Å². The van der Waals surface area contributed by atoms with Crippen molar-refractivity contribution in [3.05, 3.63) is 77.9 Å². The summed E-state index contributed by atoms with van der Waals surface area (Å²) >= 11 is 0. The molecule has 0 radical (unpaired) electrons. The normalized spacial score (nSPS) is 10.4. The Morgan fingerprint density at radius 3 is 2.62 bits per heavy atom. The Kier molecular flexibility index (Phi) is 5.07. The third-order valence-electron chi connectivity index (χ3n) is 3.59. The number of nitrogens with one attached hydrogen (secondary N) is 1. The number of amides is 1. The number of rotatable bonds is 5. The smallest absolute Gasteiger partial charge is 0.338 e. The molecule has 1 amide bonds. The van der Waals surface area contributed by atoms with E-state index in [1.54, 1.807) is 10.9 Å².